The summed E-state index contributed by atoms with van der Waals surface area (Å²) >= 11 is 2.27. The number of halogens is 1. The Hall–Kier alpha value is -2.44. The SMILES string of the molecule is CC(Oc1ccc([S+](c2ccccc2)c2ccccc2)cc1)Oc1ccccc1I. The highest BCUT2D eigenvalue weighted by atomic mass is 127. The second-order valence-corrected chi connectivity index (χ2v) is 9.83. The molecule has 0 aliphatic carbocycles. The minimum absolute atomic E-state index is 0.158. The molecule has 0 spiro atoms. The lowest BCUT2D eigenvalue weighted by Gasteiger charge is -2.17. The molecule has 150 valence electrons. The zero-order chi connectivity index (χ0) is 20.8. The standard InChI is InChI=1S/C26H22IO2S/c1-20(29-26-15-9-8-14-25(26)27)28-21-16-18-24(19-17-21)30(22-10-4-2-5-11-22)23-12-6-3-7-13-23/h2-20H,1H3/q+1. The molecule has 4 aromatic carbocycles. The molecule has 0 saturated carbocycles. The van der Waals surface area contributed by atoms with Crippen molar-refractivity contribution in [3.05, 3.63) is 113 Å². The molecule has 0 fully saturated rings. The van der Waals surface area contributed by atoms with Gasteiger partial charge in [-0.15, -0.1) is 0 Å². The summed E-state index contributed by atoms with van der Waals surface area (Å²) < 4.78 is 13.0. The van der Waals surface area contributed by atoms with E-state index in [2.05, 4.69) is 95.4 Å². The van der Waals surface area contributed by atoms with Crippen LogP contribution in [0.15, 0.2) is 124 Å². The van der Waals surface area contributed by atoms with Crippen LogP contribution in [0.2, 0.25) is 0 Å². The van der Waals surface area contributed by atoms with Crippen molar-refractivity contribution in [2.24, 2.45) is 0 Å². The Labute approximate surface area is 194 Å². The third-order valence-corrected chi connectivity index (χ3v) is 7.57. The summed E-state index contributed by atoms with van der Waals surface area (Å²) in [6.45, 7) is 1.91. The highest BCUT2D eigenvalue weighted by molar-refractivity contribution is 14.1. The van der Waals surface area contributed by atoms with Crippen LogP contribution in [0.1, 0.15) is 6.92 Å². The van der Waals surface area contributed by atoms with Crippen LogP contribution in [-0.4, -0.2) is 6.29 Å². The highest BCUT2D eigenvalue weighted by Crippen LogP contribution is 2.32. The fraction of sp³-hybridized carbons (Fsp3) is 0.0769. The van der Waals surface area contributed by atoms with E-state index in [-0.39, 0.29) is 17.2 Å². The van der Waals surface area contributed by atoms with Gasteiger partial charge in [0.1, 0.15) is 11.5 Å². The van der Waals surface area contributed by atoms with Gasteiger partial charge in [0, 0.05) is 6.92 Å². The minimum atomic E-state index is -0.381. The quantitative estimate of drug-likeness (QED) is 0.145. The van der Waals surface area contributed by atoms with Gasteiger partial charge in [-0.2, -0.15) is 0 Å². The molecule has 1 unspecified atom stereocenters. The van der Waals surface area contributed by atoms with E-state index in [1.807, 2.05) is 43.3 Å². The Morgan fingerprint density at radius 1 is 0.600 bits per heavy atom. The first-order chi connectivity index (χ1) is 14.7. The number of hydrogen-bond acceptors (Lipinski definition) is 2. The largest absolute Gasteiger partial charge is 0.455 e. The van der Waals surface area contributed by atoms with Crippen LogP contribution in [0.25, 0.3) is 0 Å². The summed E-state index contributed by atoms with van der Waals surface area (Å²) in [6, 6.07) is 37.6. The third-order valence-electron chi connectivity index (χ3n) is 4.45. The maximum absolute atomic E-state index is 6.00. The van der Waals surface area contributed by atoms with Crippen LogP contribution in [0.3, 0.4) is 0 Å². The summed E-state index contributed by atoms with van der Waals surface area (Å²) in [4.78, 5) is 3.85. The van der Waals surface area contributed by atoms with E-state index in [0.29, 0.717) is 0 Å². The number of ether oxygens (including phenoxy) is 2. The van der Waals surface area contributed by atoms with Gasteiger partial charge in [-0.3, -0.25) is 0 Å². The van der Waals surface area contributed by atoms with E-state index in [1.54, 1.807) is 0 Å². The Morgan fingerprint density at radius 3 is 1.67 bits per heavy atom. The third kappa shape index (κ3) is 5.18. The zero-order valence-corrected chi connectivity index (χ0v) is 19.5. The molecule has 0 heterocycles. The Kier molecular flexibility index (Phi) is 6.97. The maximum atomic E-state index is 6.00. The Morgan fingerprint density at radius 2 is 1.10 bits per heavy atom. The van der Waals surface area contributed by atoms with Crippen LogP contribution < -0.4 is 9.47 Å². The lowest BCUT2D eigenvalue weighted by molar-refractivity contribution is 0.0216. The number of benzene rings is 4. The molecular formula is C26H22IO2S+. The predicted octanol–water partition coefficient (Wildman–Crippen LogP) is 7.19. The van der Waals surface area contributed by atoms with Crippen LogP contribution in [0.4, 0.5) is 0 Å². The molecule has 2 nitrogen and oxygen atoms in total. The molecule has 0 aliphatic rings. The summed E-state index contributed by atoms with van der Waals surface area (Å²) in [6.07, 6.45) is -0.381. The highest BCUT2D eigenvalue weighted by Gasteiger charge is 2.28. The number of para-hydroxylation sites is 1. The topological polar surface area (TPSA) is 18.5 Å². The normalized spacial score (nSPS) is 11.8. The van der Waals surface area contributed by atoms with Crippen molar-refractivity contribution in [1.29, 1.82) is 0 Å². The van der Waals surface area contributed by atoms with Crippen molar-refractivity contribution in [3.8, 4) is 11.5 Å². The van der Waals surface area contributed by atoms with Crippen LogP contribution >= 0.6 is 22.6 Å². The average Bonchev–Trinajstić information content (AvgIpc) is 2.78. The molecule has 4 rings (SSSR count). The Balaban J connectivity index is 1.53. The molecule has 4 aromatic rings. The first-order valence-electron chi connectivity index (χ1n) is 9.73. The van der Waals surface area contributed by atoms with Crippen LogP contribution in [0.5, 0.6) is 11.5 Å². The molecule has 0 N–H and O–H groups in total. The molecular weight excluding hydrogens is 503 g/mol. The van der Waals surface area contributed by atoms with Gasteiger partial charge in [-0.05, 0) is 83.3 Å². The van der Waals surface area contributed by atoms with Gasteiger partial charge in [0.15, 0.2) is 14.7 Å². The van der Waals surface area contributed by atoms with Gasteiger partial charge in [0.2, 0.25) is 6.29 Å². The molecule has 0 saturated heterocycles. The zero-order valence-electron chi connectivity index (χ0n) is 16.6. The lowest BCUT2D eigenvalue weighted by Crippen LogP contribution is -2.20. The lowest BCUT2D eigenvalue weighted by atomic mass is 10.3. The molecule has 0 aromatic heterocycles. The molecule has 1 atom stereocenters. The Bertz CT molecular complexity index is 1030. The van der Waals surface area contributed by atoms with Gasteiger partial charge >= 0.3 is 0 Å². The molecule has 30 heavy (non-hydrogen) atoms. The van der Waals surface area contributed by atoms with Gasteiger partial charge in [-0.1, -0.05) is 48.5 Å². The molecule has 0 amide bonds. The smallest absolute Gasteiger partial charge is 0.238 e. The van der Waals surface area contributed by atoms with Crippen molar-refractivity contribution in [1.82, 2.24) is 0 Å². The van der Waals surface area contributed by atoms with E-state index in [9.17, 15) is 0 Å². The van der Waals surface area contributed by atoms with Crippen molar-refractivity contribution in [3.63, 3.8) is 0 Å². The number of hydrogen-bond donors (Lipinski definition) is 0. The van der Waals surface area contributed by atoms with Crippen molar-refractivity contribution in [2.75, 3.05) is 0 Å². The first-order valence-corrected chi connectivity index (χ1v) is 12.0. The fourth-order valence-electron chi connectivity index (χ4n) is 3.11. The summed E-state index contributed by atoms with van der Waals surface area (Å²) in [5, 5.41) is 0. The summed E-state index contributed by atoms with van der Waals surface area (Å²) in [7, 11) is -0.158. The van der Waals surface area contributed by atoms with Crippen molar-refractivity contribution in [2.45, 2.75) is 27.9 Å². The van der Waals surface area contributed by atoms with E-state index >= 15 is 0 Å². The molecule has 4 heteroatoms. The first kappa shape index (κ1) is 20.8. The van der Waals surface area contributed by atoms with Gasteiger partial charge in [-0.25, -0.2) is 0 Å². The minimum Gasteiger partial charge on any atom is -0.455 e. The number of rotatable bonds is 7. The van der Waals surface area contributed by atoms with Crippen LogP contribution in [-0.2, 0) is 10.9 Å². The van der Waals surface area contributed by atoms with Crippen molar-refractivity contribution < 1.29 is 9.47 Å². The van der Waals surface area contributed by atoms with Gasteiger partial charge < -0.3 is 9.47 Å². The second-order valence-electron chi connectivity index (χ2n) is 6.64. The predicted molar refractivity (Wildman–Crippen MR) is 131 cm³/mol. The average molecular weight is 525 g/mol. The molecule has 0 bridgehead atoms. The van der Waals surface area contributed by atoms with E-state index < -0.39 is 0 Å². The molecule has 0 radical (unpaired) electrons. The second kappa shape index (κ2) is 10.0. The van der Waals surface area contributed by atoms with E-state index in [0.717, 1.165) is 15.1 Å². The summed E-state index contributed by atoms with van der Waals surface area (Å²) in [5.41, 5.74) is 0. The van der Waals surface area contributed by atoms with E-state index in [4.69, 9.17) is 9.47 Å². The van der Waals surface area contributed by atoms with Gasteiger partial charge in [0.05, 0.1) is 14.5 Å². The molecule has 0 aliphatic heterocycles. The van der Waals surface area contributed by atoms with E-state index in [1.165, 1.54) is 14.7 Å². The van der Waals surface area contributed by atoms with Gasteiger partial charge in [0.25, 0.3) is 0 Å². The van der Waals surface area contributed by atoms with Crippen molar-refractivity contribution >= 4 is 33.5 Å². The monoisotopic (exact) mass is 525 g/mol. The maximum Gasteiger partial charge on any atom is 0.238 e. The van der Waals surface area contributed by atoms with Crippen LogP contribution in [0, 0.1) is 3.57 Å². The fourth-order valence-corrected chi connectivity index (χ4v) is 5.71. The summed E-state index contributed by atoms with van der Waals surface area (Å²) in [5.74, 6) is 1.62.